The monoisotopic (exact) mass is 286 g/mol. The topological polar surface area (TPSA) is 73.9 Å². The molecule has 0 radical (unpaired) electrons. The number of nitrogens with two attached hydrogens (primary N) is 1. The number of pyridine rings is 1. The maximum absolute atomic E-state index is 6.05. The van der Waals surface area contributed by atoms with Crippen molar-refractivity contribution in [2.75, 3.05) is 12.3 Å². The van der Waals surface area contributed by atoms with Crippen molar-refractivity contribution in [2.45, 2.75) is 40.0 Å². The summed E-state index contributed by atoms with van der Waals surface area (Å²) in [6.45, 7) is 10.7. The zero-order chi connectivity index (χ0) is 15.6. The number of hydrogen-bond acceptors (Lipinski definition) is 5. The van der Waals surface area contributed by atoms with E-state index >= 15 is 0 Å². The van der Waals surface area contributed by atoms with Gasteiger partial charge in [0.25, 0.3) is 0 Å². The van der Waals surface area contributed by atoms with Gasteiger partial charge in [-0.2, -0.15) is 0 Å². The van der Waals surface area contributed by atoms with Gasteiger partial charge in [0.05, 0.1) is 18.5 Å². The molecule has 2 N–H and O–H groups in total. The van der Waals surface area contributed by atoms with Gasteiger partial charge in [-0.3, -0.25) is 4.98 Å². The van der Waals surface area contributed by atoms with E-state index in [0.29, 0.717) is 12.4 Å². The molecule has 0 aliphatic rings. The average molecular weight is 286 g/mol. The highest BCUT2D eigenvalue weighted by molar-refractivity contribution is 5.67. The van der Waals surface area contributed by atoms with Crippen LogP contribution in [0.4, 0.5) is 5.82 Å². The number of hydrogen-bond donors (Lipinski definition) is 1. The molecular formula is C16H22N4O. The summed E-state index contributed by atoms with van der Waals surface area (Å²) < 4.78 is 5.50. The SMILES string of the molecule is CCOc1cncc(-c2nc(C(C)(C)C)nc(N)c2C)c1. The Kier molecular flexibility index (Phi) is 4.11. The van der Waals surface area contributed by atoms with Crippen LogP contribution in [0.15, 0.2) is 18.5 Å². The molecule has 2 heterocycles. The van der Waals surface area contributed by atoms with Gasteiger partial charge in [-0.15, -0.1) is 0 Å². The Morgan fingerprint density at radius 2 is 1.90 bits per heavy atom. The predicted molar refractivity (Wildman–Crippen MR) is 84.3 cm³/mol. The van der Waals surface area contributed by atoms with Gasteiger partial charge in [0.2, 0.25) is 0 Å². The zero-order valence-corrected chi connectivity index (χ0v) is 13.3. The van der Waals surface area contributed by atoms with Crippen LogP contribution in [0, 0.1) is 6.92 Å². The number of aromatic nitrogens is 3. The molecule has 112 valence electrons. The molecule has 21 heavy (non-hydrogen) atoms. The highest BCUT2D eigenvalue weighted by Crippen LogP contribution is 2.29. The molecule has 0 aromatic carbocycles. The van der Waals surface area contributed by atoms with Crippen molar-refractivity contribution in [3.05, 3.63) is 29.8 Å². The summed E-state index contributed by atoms with van der Waals surface area (Å²) in [5.41, 5.74) is 8.44. The van der Waals surface area contributed by atoms with E-state index in [2.05, 4.69) is 35.7 Å². The lowest BCUT2D eigenvalue weighted by Crippen LogP contribution is -2.18. The Morgan fingerprint density at radius 1 is 1.19 bits per heavy atom. The molecule has 0 amide bonds. The standard InChI is InChI=1S/C16H22N4O/c1-6-21-12-7-11(8-18-9-12)13-10(2)14(17)20-15(19-13)16(3,4)5/h7-9H,6H2,1-5H3,(H2,17,19,20). The van der Waals surface area contributed by atoms with Gasteiger partial charge >= 0.3 is 0 Å². The molecular weight excluding hydrogens is 264 g/mol. The van der Waals surface area contributed by atoms with Crippen LogP contribution in [0.3, 0.4) is 0 Å². The minimum Gasteiger partial charge on any atom is -0.492 e. The van der Waals surface area contributed by atoms with Crippen molar-refractivity contribution in [2.24, 2.45) is 0 Å². The van der Waals surface area contributed by atoms with Crippen molar-refractivity contribution >= 4 is 5.82 Å². The first kappa shape index (κ1) is 15.2. The minimum absolute atomic E-state index is 0.165. The summed E-state index contributed by atoms with van der Waals surface area (Å²) in [7, 11) is 0. The number of nitrogens with zero attached hydrogens (tertiary/aromatic N) is 3. The van der Waals surface area contributed by atoms with Crippen LogP contribution in [0.2, 0.25) is 0 Å². The molecule has 2 rings (SSSR count). The van der Waals surface area contributed by atoms with Crippen LogP contribution in [-0.2, 0) is 5.41 Å². The van der Waals surface area contributed by atoms with Gasteiger partial charge < -0.3 is 10.5 Å². The summed E-state index contributed by atoms with van der Waals surface area (Å²) in [5, 5.41) is 0. The second kappa shape index (κ2) is 5.68. The van der Waals surface area contributed by atoms with Gasteiger partial charge in [0.1, 0.15) is 17.4 Å². The molecule has 0 fully saturated rings. The molecule has 0 saturated carbocycles. The van der Waals surface area contributed by atoms with E-state index in [9.17, 15) is 0 Å². The lowest BCUT2D eigenvalue weighted by molar-refractivity contribution is 0.339. The zero-order valence-electron chi connectivity index (χ0n) is 13.3. The number of nitrogen functional groups attached to an aromatic ring is 1. The number of anilines is 1. The average Bonchev–Trinajstić information content (AvgIpc) is 2.41. The first-order valence-electron chi connectivity index (χ1n) is 7.05. The minimum atomic E-state index is -0.165. The van der Waals surface area contributed by atoms with Crippen LogP contribution < -0.4 is 10.5 Å². The van der Waals surface area contributed by atoms with Crippen LogP contribution in [0.5, 0.6) is 5.75 Å². The summed E-state index contributed by atoms with van der Waals surface area (Å²) in [6.07, 6.45) is 3.46. The Balaban J connectivity index is 2.57. The molecule has 0 aliphatic heterocycles. The largest absolute Gasteiger partial charge is 0.492 e. The summed E-state index contributed by atoms with van der Waals surface area (Å²) in [6, 6.07) is 1.93. The fraction of sp³-hybridized carbons (Fsp3) is 0.438. The molecule has 0 spiro atoms. The van der Waals surface area contributed by atoms with Gasteiger partial charge in [-0.05, 0) is 19.9 Å². The predicted octanol–water partition coefficient (Wildman–Crippen LogP) is 3.13. The smallest absolute Gasteiger partial charge is 0.138 e. The van der Waals surface area contributed by atoms with Crippen molar-refractivity contribution in [3.8, 4) is 17.0 Å². The Morgan fingerprint density at radius 3 is 2.52 bits per heavy atom. The van der Waals surface area contributed by atoms with E-state index in [4.69, 9.17) is 10.5 Å². The van der Waals surface area contributed by atoms with Crippen LogP contribution in [-0.4, -0.2) is 21.6 Å². The molecule has 2 aromatic heterocycles. The fourth-order valence-electron chi connectivity index (χ4n) is 1.94. The summed E-state index contributed by atoms with van der Waals surface area (Å²) >= 11 is 0. The van der Waals surface area contributed by atoms with Crippen molar-refractivity contribution in [3.63, 3.8) is 0 Å². The Bertz CT molecular complexity index is 647. The van der Waals surface area contributed by atoms with E-state index in [-0.39, 0.29) is 5.41 Å². The third kappa shape index (κ3) is 3.29. The third-order valence-electron chi connectivity index (χ3n) is 3.15. The van der Waals surface area contributed by atoms with Crippen molar-refractivity contribution < 1.29 is 4.74 Å². The maximum Gasteiger partial charge on any atom is 0.138 e. The quantitative estimate of drug-likeness (QED) is 0.938. The van der Waals surface area contributed by atoms with Crippen molar-refractivity contribution in [1.29, 1.82) is 0 Å². The lowest BCUT2D eigenvalue weighted by Gasteiger charge is -2.19. The van der Waals surface area contributed by atoms with Gasteiger partial charge in [0.15, 0.2) is 0 Å². The van der Waals surface area contributed by atoms with E-state index in [1.54, 1.807) is 12.4 Å². The van der Waals surface area contributed by atoms with Gasteiger partial charge in [0, 0.05) is 22.7 Å². The van der Waals surface area contributed by atoms with Crippen LogP contribution in [0.1, 0.15) is 39.1 Å². The van der Waals surface area contributed by atoms with Crippen LogP contribution >= 0.6 is 0 Å². The second-order valence-corrected chi connectivity index (χ2v) is 6.00. The molecule has 0 atom stereocenters. The molecule has 0 unspecified atom stereocenters. The summed E-state index contributed by atoms with van der Waals surface area (Å²) in [4.78, 5) is 13.3. The fourth-order valence-corrected chi connectivity index (χ4v) is 1.94. The van der Waals surface area contributed by atoms with Gasteiger partial charge in [-0.1, -0.05) is 20.8 Å². The lowest BCUT2D eigenvalue weighted by atomic mass is 9.95. The highest BCUT2D eigenvalue weighted by Gasteiger charge is 2.21. The third-order valence-corrected chi connectivity index (χ3v) is 3.15. The summed E-state index contributed by atoms with van der Waals surface area (Å²) in [5.74, 6) is 1.96. The Hall–Kier alpha value is -2.17. The molecule has 0 bridgehead atoms. The molecule has 5 heteroatoms. The van der Waals surface area contributed by atoms with E-state index in [1.807, 2.05) is 19.9 Å². The molecule has 5 nitrogen and oxygen atoms in total. The van der Waals surface area contributed by atoms with Gasteiger partial charge in [-0.25, -0.2) is 9.97 Å². The van der Waals surface area contributed by atoms with E-state index in [1.165, 1.54) is 0 Å². The first-order chi connectivity index (χ1) is 9.82. The number of rotatable bonds is 3. The second-order valence-electron chi connectivity index (χ2n) is 6.00. The molecule has 0 aliphatic carbocycles. The van der Waals surface area contributed by atoms with E-state index in [0.717, 1.165) is 28.4 Å². The van der Waals surface area contributed by atoms with Crippen molar-refractivity contribution in [1.82, 2.24) is 15.0 Å². The maximum atomic E-state index is 6.05. The van der Waals surface area contributed by atoms with Crippen LogP contribution in [0.25, 0.3) is 11.3 Å². The van der Waals surface area contributed by atoms with E-state index < -0.39 is 0 Å². The normalized spacial score (nSPS) is 11.5. The Labute approximate surface area is 125 Å². The number of ether oxygens (including phenoxy) is 1. The molecule has 2 aromatic rings. The first-order valence-corrected chi connectivity index (χ1v) is 7.05. The highest BCUT2D eigenvalue weighted by atomic mass is 16.5. The molecule has 0 saturated heterocycles.